The van der Waals surface area contributed by atoms with Crippen LogP contribution >= 0.6 is 12.6 Å². The van der Waals surface area contributed by atoms with E-state index in [1.165, 1.54) is 4.90 Å². The smallest absolute Gasteiger partial charge is 0.407 e. The molecule has 0 fully saturated rings. The van der Waals surface area contributed by atoms with Gasteiger partial charge >= 0.3 is 6.09 Å². The molecule has 0 aliphatic heterocycles. The number of unbranched alkanes of at least 4 members (excludes halogenated alkanes) is 1. The monoisotopic (exact) mass is 239 g/mol. The zero-order chi connectivity index (χ0) is 11.8. The fourth-order valence-corrected chi connectivity index (χ4v) is 1.68. The highest BCUT2D eigenvalue weighted by Gasteiger charge is 2.10. The van der Waals surface area contributed by atoms with Gasteiger partial charge in [0.25, 0.3) is 0 Å². The summed E-state index contributed by atoms with van der Waals surface area (Å²) in [5, 5.41) is 9.04. The van der Waals surface area contributed by atoms with Crippen LogP contribution in [-0.4, -0.2) is 28.4 Å². The third-order valence-corrected chi connectivity index (χ3v) is 2.64. The molecule has 3 nitrogen and oxygen atoms in total. The summed E-state index contributed by atoms with van der Waals surface area (Å²) in [4.78, 5) is 12.4. The van der Waals surface area contributed by atoms with E-state index in [1.54, 1.807) is 0 Å². The molecular weight excluding hydrogens is 222 g/mol. The van der Waals surface area contributed by atoms with Crippen LogP contribution in [0.15, 0.2) is 30.3 Å². The fourth-order valence-electron chi connectivity index (χ4n) is 1.46. The largest absolute Gasteiger partial charge is 0.465 e. The third-order valence-electron chi connectivity index (χ3n) is 2.32. The molecule has 1 aromatic carbocycles. The molecule has 0 bridgehead atoms. The van der Waals surface area contributed by atoms with Crippen molar-refractivity contribution in [2.75, 3.05) is 12.3 Å². The van der Waals surface area contributed by atoms with Crippen molar-refractivity contribution in [2.24, 2.45) is 0 Å². The van der Waals surface area contributed by atoms with Gasteiger partial charge in [-0.3, -0.25) is 0 Å². The first-order valence-electron chi connectivity index (χ1n) is 5.36. The molecule has 0 aliphatic carbocycles. The fraction of sp³-hybridized carbons (Fsp3) is 0.417. The minimum Gasteiger partial charge on any atom is -0.465 e. The van der Waals surface area contributed by atoms with Gasteiger partial charge in [0, 0.05) is 13.1 Å². The van der Waals surface area contributed by atoms with Gasteiger partial charge in [-0.25, -0.2) is 4.79 Å². The number of benzene rings is 1. The summed E-state index contributed by atoms with van der Waals surface area (Å²) in [5.74, 6) is 0.804. The topological polar surface area (TPSA) is 40.5 Å². The average molecular weight is 239 g/mol. The standard InChI is InChI=1S/C12H17NO2S/c14-12(15)13(8-4-5-9-16)10-11-6-2-1-3-7-11/h1-3,6-7,16H,4-5,8-10H2,(H,14,15). The van der Waals surface area contributed by atoms with Crippen molar-refractivity contribution in [1.82, 2.24) is 4.90 Å². The van der Waals surface area contributed by atoms with Crippen molar-refractivity contribution in [2.45, 2.75) is 19.4 Å². The Labute approximate surface area is 101 Å². The van der Waals surface area contributed by atoms with E-state index in [9.17, 15) is 4.79 Å². The first-order valence-corrected chi connectivity index (χ1v) is 6.00. The van der Waals surface area contributed by atoms with Crippen LogP contribution < -0.4 is 0 Å². The minimum atomic E-state index is -0.858. The number of nitrogens with zero attached hydrogens (tertiary/aromatic N) is 1. The van der Waals surface area contributed by atoms with Crippen molar-refractivity contribution in [3.05, 3.63) is 35.9 Å². The lowest BCUT2D eigenvalue weighted by Crippen LogP contribution is -2.29. The Hall–Kier alpha value is -1.16. The summed E-state index contributed by atoms with van der Waals surface area (Å²) in [6.45, 7) is 1.04. The maximum absolute atomic E-state index is 11.0. The molecule has 0 heterocycles. The molecule has 1 amide bonds. The summed E-state index contributed by atoms with van der Waals surface area (Å²) in [5.41, 5.74) is 1.02. The first-order chi connectivity index (χ1) is 7.74. The van der Waals surface area contributed by atoms with Crippen LogP contribution in [0.25, 0.3) is 0 Å². The Bertz CT molecular complexity index is 316. The molecule has 1 aromatic rings. The molecule has 0 radical (unpaired) electrons. The van der Waals surface area contributed by atoms with Crippen LogP contribution in [0.1, 0.15) is 18.4 Å². The van der Waals surface area contributed by atoms with Gasteiger partial charge in [-0.15, -0.1) is 0 Å². The lowest BCUT2D eigenvalue weighted by Gasteiger charge is -2.18. The molecule has 0 unspecified atom stereocenters. The highest BCUT2D eigenvalue weighted by atomic mass is 32.1. The second-order valence-corrected chi connectivity index (χ2v) is 4.07. The van der Waals surface area contributed by atoms with E-state index >= 15 is 0 Å². The van der Waals surface area contributed by atoms with Gasteiger partial charge in [-0.1, -0.05) is 30.3 Å². The third kappa shape index (κ3) is 4.57. The number of rotatable bonds is 6. The molecule has 1 N–H and O–H groups in total. The molecule has 0 saturated heterocycles. The van der Waals surface area contributed by atoms with Gasteiger partial charge in [0.2, 0.25) is 0 Å². The van der Waals surface area contributed by atoms with Gasteiger partial charge in [0.15, 0.2) is 0 Å². The predicted molar refractivity (Wildman–Crippen MR) is 68.0 cm³/mol. The molecule has 0 atom stereocenters. The Balaban J connectivity index is 2.48. The summed E-state index contributed by atoms with van der Waals surface area (Å²) in [6, 6.07) is 9.64. The zero-order valence-electron chi connectivity index (χ0n) is 9.17. The predicted octanol–water partition coefficient (Wildman–Crippen LogP) is 2.88. The minimum absolute atomic E-state index is 0.461. The van der Waals surface area contributed by atoms with E-state index in [1.807, 2.05) is 30.3 Å². The van der Waals surface area contributed by atoms with Crippen LogP contribution in [0.5, 0.6) is 0 Å². The quantitative estimate of drug-likeness (QED) is 0.592. The first kappa shape index (κ1) is 12.9. The van der Waals surface area contributed by atoms with Gasteiger partial charge < -0.3 is 10.0 Å². The zero-order valence-corrected chi connectivity index (χ0v) is 10.1. The number of hydrogen-bond acceptors (Lipinski definition) is 2. The summed E-state index contributed by atoms with van der Waals surface area (Å²) in [7, 11) is 0. The Morgan fingerprint density at radius 1 is 1.25 bits per heavy atom. The van der Waals surface area contributed by atoms with E-state index < -0.39 is 6.09 Å². The normalized spacial score (nSPS) is 10.1. The Morgan fingerprint density at radius 2 is 1.94 bits per heavy atom. The van der Waals surface area contributed by atoms with E-state index in [0.717, 1.165) is 24.2 Å². The number of thiol groups is 1. The van der Waals surface area contributed by atoms with Crippen molar-refractivity contribution in [1.29, 1.82) is 0 Å². The van der Waals surface area contributed by atoms with Crippen LogP contribution in [-0.2, 0) is 6.54 Å². The number of hydrogen-bond donors (Lipinski definition) is 2. The van der Waals surface area contributed by atoms with Crippen LogP contribution in [0.2, 0.25) is 0 Å². The van der Waals surface area contributed by atoms with Crippen LogP contribution in [0.4, 0.5) is 4.79 Å². The molecule has 1 rings (SSSR count). The van der Waals surface area contributed by atoms with Gasteiger partial charge in [0.05, 0.1) is 0 Å². The lowest BCUT2D eigenvalue weighted by atomic mass is 10.2. The number of amides is 1. The van der Waals surface area contributed by atoms with Crippen molar-refractivity contribution < 1.29 is 9.90 Å². The summed E-state index contributed by atoms with van der Waals surface area (Å²) in [6.07, 6.45) is 0.952. The molecule has 0 aromatic heterocycles. The van der Waals surface area contributed by atoms with E-state index in [2.05, 4.69) is 12.6 Å². The molecule has 16 heavy (non-hydrogen) atoms. The maximum atomic E-state index is 11.0. The van der Waals surface area contributed by atoms with Crippen molar-refractivity contribution >= 4 is 18.7 Å². The van der Waals surface area contributed by atoms with Gasteiger partial charge in [-0.05, 0) is 24.2 Å². The van der Waals surface area contributed by atoms with Crippen LogP contribution in [0, 0.1) is 0 Å². The molecular formula is C12H17NO2S. The Morgan fingerprint density at radius 3 is 2.50 bits per heavy atom. The molecule has 4 heteroatoms. The van der Waals surface area contributed by atoms with Gasteiger partial charge in [-0.2, -0.15) is 12.6 Å². The highest BCUT2D eigenvalue weighted by molar-refractivity contribution is 7.80. The maximum Gasteiger partial charge on any atom is 0.407 e. The van der Waals surface area contributed by atoms with Crippen molar-refractivity contribution in [3.63, 3.8) is 0 Å². The van der Waals surface area contributed by atoms with E-state index in [0.29, 0.717) is 13.1 Å². The highest BCUT2D eigenvalue weighted by Crippen LogP contribution is 2.06. The summed E-state index contributed by atoms with van der Waals surface area (Å²) >= 11 is 4.11. The Kier molecular flexibility index (Phi) is 5.78. The second-order valence-electron chi connectivity index (χ2n) is 3.62. The van der Waals surface area contributed by atoms with Gasteiger partial charge in [0.1, 0.15) is 0 Å². The summed E-state index contributed by atoms with van der Waals surface area (Å²) < 4.78 is 0. The average Bonchev–Trinajstić information content (AvgIpc) is 2.29. The van der Waals surface area contributed by atoms with Crippen molar-refractivity contribution in [3.8, 4) is 0 Å². The second kappa shape index (κ2) is 7.17. The number of carbonyl (C=O) groups is 1. The van der Waals surface area contributed by atoms with E-state index in [4.69, 9.17) is 5.11 Å². The lowest BCUT2D eigenvalue weighted by molar-refractivity contribution is 0.141. The molecule has 88 valence electrons. The molecule has 0 spiro atoms. The SMILES string of the molecule is O=C(O)N(CCCCS)Cc1ccccc1. The number of carboxylic acid groups (broad SMARTS) is 1. The molecule has 0 saturated carbocycles. The molecule has 0 aliphatic rings. The van der Waals surface area contributed by atoms with E-state index in [-0.39, 0.29) is 0 Å². The van der Waals surface area contributed by atoms with Crippen LogP contribution in [0.3, 0.4) is 0 Å².